The Labute approximate surface area is 140 Å². The molecule has 3 aromatic rings. The molecule has 0 spiro atoms. The molecule has 1 aromatic heterocycles. The van der Waals surface area contributed by atoms with E-state index >= 15 is 0 Å². The van der Waals surface area contributed by atoms with E-state index in [0.29, 0.717) is 11.7 Å². The second-order valence-electron chi connectivity index (χ2n) is 5.06. The molecule has 0 saturated carbocycles. The topological polar surface area (TPSA) is 46.2 Å². The van der Waals surface area contributed by atoms with Crippen LogP contribution in [-0.2, 0) is 6.54 Å². The van der Waals surface area contributed by atoms with Gasteiger partial charge in [-0.15, -0.1) is 0 Å². The highest BCUT2D eigenvalue weighted by Gasteiger charge is 2.01. The first-order valence-corrected chi connectivity index (χ1v) is 7.68. The molecule has 3 rings (SSSR count). The van der Waals surface area contributed by atoms with E-state index in [1.54, 1.807) is 13.3 Å². The van der Waals surface area contributed by atoms with Crippen molar-refractivity contribution in [2.24, 2.45) is 0 Å². The van der Waals surface area contributed by atoms with Crippen molar-refractivity contribution in [3.8, 4) is 5.75 Å². The van der Waals surface area contributed by atoms with Gasteiger partial charge >= 0.3 is 0 Å². The molecule has 0 unspecified atom stereocenters. The third-order valence-electron chi connectivity index (χ3n) is 3.46. The fourth-order valence-electron chi connectivity index (χ4n) is 2.29. The number of methoxy groups -OCH3 is 1. The zero-order valence-electron chi connectivity index (χ0n) is 12.7. The summed E-state index contributed by atoms with van der Waals surface area (Å²) in [5.74, 6) is 0.783. The number of rotatable bonds is 4. The van der Waals surface area contributed by atoms with Crippen molar-refractivity contribution < 1.29 is 4.74 Å². The lowest BCUT2D eigenvalue weighted by atomic mass is 10.1. The van der Waals surface area contributed by atoms with Gasteiger partial charge in [0.05, 0.1) is 19.3 Å². The molecule has 0 aliphatic carbocycles. The summed E-state index contributed by atoms with van der Waals surface area (Å²) in [4.78, 5) is 4.28. The van der Waals surface area contributed by atoms with Crippen LogP contribution in [0.1, 0.15) is 5.69 Å². The normalized spacial score (nSPS) is 10.3. The first-order valence-electron chi connectivity index (χ1n) is 7.27. The highest BCUT2D eigenvalue weighted by Crippen LogP contribution is 2.18. The summed E-state index contributed by atoms with van der Waals surface area (Å²) in [5, 5.41) is 9.29. The second-order valence-corrected chi connectivity index (χ2v) is 5.46. The molecule has 2 aromatic carbocycles. The van der Waals surface area contributed by atoms with Gasteiger partial charge in [0.2, 0.25) is 0 Å². The lowest BCUT2D eigenvalue weighted by molar-refractivity contribution is 0.413. The van der Waals surface area contributed by atoms with Gasteiger partial charge in [-0.05, 0) is 41.2 Å². The number of hydrogen-bond donors (Lipinski definition) is 2. The predicted octanol–water partition coefficient (Wildman–Crippen LogP) is 3.73. The zero-order valence-corrected chi connectivity index (χ0v) is 13.6. The van der Waals surface area contributed by atoms with Crippen molar-refractivity contribution in [1.29, 1.82) is 0 Å². The number of ether oxygens (including phenoxy) is 1. The van der Waals surface area contributed by atoms with E-state index in [0.717, 1.165) is 17.1 Å². The third kappa shape index (κ3) is 3.96. The molecule has 23 heavy (non-hydrogen) atoms. The Morgan fingerprint density at radius 1 is 1.09 bits per heavy atom. The predicted molar refractivity (Wildman–Crippen MR) is 97.8 cm³/mol. The van der Waals surface area contributed by atoms with E-state index in [9.17, 15) is 0 Å². The van der Waals surface area contributed by atoms with Crippen LogP contribution in [0, 0.1) is 0 Å². The van der Waals surface area contributed by atoms with E-state index < -0.39 is 0 Å². The van der Waals surface area contributed by atoms with Crippen LogP contribution in [0.4, 0.5) is 5.69 Å². The maximum absolute atomic E-state index is 5.34. The summed E-state index contributed by atoms with van der Waals surface area (Å²) in [6.07, 6.45) is 1.72. The number of thiocarbonyl (C=S) groups is 1. The molecule has 0 aliphatic heterocycles. The van der Waals surface area contributed by atoms with Crippen LogP contribution >= 0.6 is 12.2 Å². The molecule has 116 valence electrons. The van der Waals surface area contributed by atoms with Crippen molar-refractivity contribution in [2.45, 2.75) is 6.54 Å². The lowest BCUT2D eigenvalue weighted by Crippen LogP contribution is -2.28. The molecule has 5 heteroatoms. The Morgan fingerprint density at radius 2 is 1.91 bits per heavy atom. The van der Waals surface area contributed by atoms with Gasteiger partial charge in [0.15, 0.2) is 5.11 Å². The van der Waals surface area contributed by atoms with Crippen LogP contribution in [0.5, 0.6) is 5.75 Å². The standard InChI is InChI=1S/C18H17N3OS/c1-22-17-8-9-19-16(11-17)12-20-18(23)21-15-7-6-13-4-2-3-5-14(13)10-15/h2-11H,12H2,1H3,(H2,20,21,23). The van der Waals surface area contributed by atoms with Crippen molar-refractivity contribution in [3.05, 3.63) is 66.5 Å². The molecule has 0 saturated heterocycles. The van der Waals surface area contributed by atoms with Gasteiger partial charge in [-0.3, -0.25) is 4.98 Å². The maximum atomic E-state index is 5.34. The monoisotopic (exact) mass is 323 g/mol. The zero-order chi connectivity index (χ0) is 16.1. The largest absolute Gasteiger partial charge is 0.497 e. The van der Waals surface area contributed by atoms with E-state index in [1.807, 2.05) is 30.3 Å². The third-order valence-corrected chi connectivity index (χ3v) is 3.71. The first-order chi connectivity index (χ1) is 11.2. The molecule has 4 nitrogen and oxygen atoms in total. The smallest absolute Gasteiger partial charge is 0.171 e. The average molecular weight is 323 g/mol. The maximum Gasteiger partial charge on any atom is 0.171 e. The minimum absolute atomic E-state index is 0.538. The van der Waals surface area contributed by atoms with Crippen LogP contribution < -0.4 is 15.4 Å². The van der Waals surface area contributed by atoms with Gasteiger partial charge in [0, 0.05) is 18.0 Å². The van der Waals surface area contributed by atoms with Crippen molar-refractivity contribution in [3.63, 3.8) is 0 Å². The van der Waals surface area contributed by atoms with Crippen LogP contribution in [0.25, 0.3) is 10.8 Å². The van der Waals surface area contributed by atoms with Crippen LogP contribution in [0.3, 0.4) is 0 Å². The van der Waals surface area contributed by atoms with Crippen molar-refractivity contribution in [1.82, 2.24) is 10.3 Å². The highest BCUT2D eigenvalue weighted by molar-refractivity contribution is 7.80. The van der Waals surface area contributed by atoms with Crippen LogP contribution in [0.2, 0.25) is 0 Å². The first kappa shape index (κ1) is 15.2. The summed E-state index contributed by atoms with van der Waals surface area (Å²) >= 11 is 5.34. The van der Waals surface area contributed by atoms with E-state index in [1.165, 1.54) is 10.8 Å². The van der Waals surface area contributed by atoms with Gasteiger partial charge in [-0.1, -0.05) is 30.3 Å². The Morgan fingerprint density at radius 3 is 2.74 bits per heavy atom. The minimum atomic E-state index is 0.538. The van der Waals surface area contributed by atoms with Crippen molar-refractivity contribution >= 4 is 33.8 Å². The molecule has 2 N–H and O–H groups in total. The van der Waals surface area contributed by atoms with Crippen molar-refractivity contribution in [2.75, 3.05) is 12.4 Å². The molecule has 0 amide bonds. The minimum Gasteiger partial charge on any atom is -0.497 e. The molecular formula is C18H17N3OS. The summed E-state index contributed by atoms with van der Waals surface area (Å²) < 4.78 is 5.18. The summed E-state index contributed by atoms with van der Waals surface area (Å²) in [6.45, 7) is 0.538. The number of pyridine rings is 1. The van der Waals surface area contributed by atoms with Crippen LogP contribution in [-0.4, -0.2) is 17.2 Å². The number of nitrogens with zero attached hydrogens (tertiary/aromatic N) is 1. The number of benzene rings is 2. The molecular weight excluding hydrogens is 306 g/mol. The van der Waals surface area contributed by atoms with Gasteiger partial charge in [-0.2, -0.15) is 0 Å². The highest BCUT2D eigenvalue weighted by atomic mass is 32.1. The Bertz CT molecular complexity index is 835. The summed E-state index contributed by atoms with van der Waals surface area (Å²) in [6, 6.07) is 18.1. The Hall–Kier alpha value is -2.66. The Kier molecular flexibility index (Phi) is 4.68. The van der Waals surface area contributed by atoms with Crippen LogP contribution in [0.15, 0.2) is 60.8 Å². The number of nitrogens with one attached hydrogen (secondary N) is 2. The second kappa shape index (κ2) is 7.07. The number of anilines is 1. The number of hydrogen-bond acceptors (Lipinski definition) is 3. The molecule has 0 radical (unpaired) electrons. The quantitative estimate of drug-likeness (QED) is 0.716. The van der Waals surface area contributed by atoms with E-state index in [4.69, 9.17) is 17.0 Å². The number of aromatic nitrogens is 1. The Balaban J connectivity index is 1.61. The van der Waals surface area contributed by atoms with Gasteiger partial charge < -0.3 is 15.4 Å². The fraction of sp³-hybridized carbons (Fsp3) is 0.111. The average Bonchev–Trinajstić information content (AvgIpc) is 2.60. The molecule has 0 aliphatic rings. The lowest BCUT2D eigenvalue weighted by Gasteiger charge is -2.11. The van der Waals surface area contributed by atoms with Gasteiger partial charge in [0.25, 0.3) is 0 Å². The summed E-state index contributed by atoms with van der Waals surface area (Å²) in [5.41, 5.74) is 1.83. The van der Waals surface area contributed by atoms with Gasteiger partial charge in [0.1, 0.15) is 5.75 Å². The SMILES string of the molecule is COc1ccnc(CNC(=S)Nc2ccc3ccccc3c2)c1. The fourth-order valence-corrected chi connectivity index (χ4v) is 2.48. The molecule has 0 bridgehead atoms. The molecule has 0 fully saturated rings. The van der Waals surface area contributed by atoms with Gasteiger partial charge in [-0.25, -0.2) is 0 Å². The van der Waals surface area contributed by atoms with E-state index in [-0.39, 0.29) is 0 Å². The summed E-state index contributed by atoms with van der Waals surface area (Å²) in [7, 11) is 1.64. The van der Waals surface area contributed by atoms with E-state index in [2.05, 4.69) is 39.9 Å². The molecule has 1 heterocycles. The molecule has 0 atom stereocenters. The number of fused-ring (bicyclic) bond motifs is 1.